The Kier molecular flexibility index (Phi) is 5.26. The number of thioether (sulfide) groups is 1. The molecular formula is C13H15NO5S. The van der Waals surface area contributed by atoms with E-state index in [9.17, 15) is 19.7 Å². The number of esters is 1. The summed E-state index contributed by atoms with van der Waals surface area (Å²) in [4.78, 5) is 33.0. The lowest BCUT2D eigenvalue weighted by Gasteiger charge is -2.19. The summed E-state index contributed by atoms with van der Waals surface area (Å²) in [7, 11) is 0. The predicted molar refractivity (Wildman–Crippen MR) is 75.1 cm³/mol. The van der Waals surface area contributed by atoms with Gasteiger partial charge >= 0.3 is 5.97 Å². The minimum Gasteiger partial charge on any atom is -0.459 e. The van der Waals surface area contributed by atoms with Crippen LogP contribution >= 0.6 is 11.8 Å². The van der Waals surface area contributed by atoms with Gasteiger partial charge in [0, 0.05) is 11.0 Å². The Bertz CT molecular complexity index is 536. The third-order valence-electron chi connectivity index (χ3n) is 2.10. The number of nitro groups is 1. The van der Waals surface area contributed by atoms with Gasteiger partial charge in [0.2, 0.25) is 0 Å². The molecule has 108 valence electrons. The van der Waals surface area contributed by atoms with E-state index < -0.39 is 10.5 Å². The zero-order chi connectivity index (χ0) is 15.3. The summed E-state index contributed by atoms with van der Waals surface area (Å²) in [5.41, 5.74) is -0.813. The maximum atomic E-state index is 11.5. The Morgan fingerprint density at radius 3 is 2.60 bits per heavy atom. The third-order valence-corrected chi connectivity index (χ3v) is 3.07. The standard InChI is InChI=1S/C13H15NO5S/c1-13(2,3)19-12(16)8-20-10-4-5-11(14(17)18)9(6-10)7-15/h4-7H,8H2,1-3H3. The van der Waals surface area contributed by atoms with Gasteiger partial charge in [0.15, 0.2) is 6.29 Å². The topological polar surface area (TPSA) is 86.5 Å². The molecule has 0 aliphatic heterocycles. The molecule has 0 saturated carbocycles. The molecule has 0 fully saturated rings. The van der Waals surface area contributed by atoms with Crippen molar-refractivity contribution in [1.82, 2.24) is 0 Å². The van der Waals surface area contributed by atoms with E-state index in [1.807, 2.05) is 0 Å². The fourth-order valence-corrected chi connectivity index (χ4v) is 2.11. The SMILES string of the molecule is CC(C)(C)OC(=O)CSc1ccc([N+](=O)[O-])c(C=O)c1. The Morgan fingerprint density at radius 1 is 1.45 bits per heavy atom. The summed E-state index contributed by atoms with van der Waals surface area (Å²) in [5, 5.41) is 10.7. The number of hydrogen-bond acceptors (Lipinski definition) is 6. The van der Waals surface area contributed by atoms with E-state index in [0.29, 0.717) is 11.2 Å². The molecule has 0 saturated heterocycles. The Hall–Kier alpha value is -1.89. The molecule has 7 heteroatoms. The second kappa shape index (κ2) is 6.51. The smallest absolute Gasteiger partial charge is 0.316 e. The lowest BCUT2D eigenvalue weighted by Crippen LogP contribution is -2.24. The van der Waals surface area contributed by atoms with Crippen molar-refractivity contribution >= 4 is 29.7 Å². The van der Waals surface area contributed by atoms with Crippen LogP contribution < -0.4 is 0 Å². The second-order valence-corrected chi connectivity index (χ2v) is 6.02. The van der Waals surface area contributed by atoms with E-state index in [-0.39, 0.29) is 23.0 Å². The minimum absolute atomic E-state index is 0.0100. The average molecular weight is 297 g/mol. The van der Waals surface area contributed by atoms with Gasteiger partial charge < -0.3 is 4.74 Å². The van der Waals surface area contributed by atoms with Gasteiger partial charge in [-0.1, -0.05) is 0 Å². The number of carbonyl (C=O) groups is 2. The Balaban J connectivity index is 2.72. The Labute approximate surface area is 120 Å². The van der Waals surface area contributed by atoms with Crippen molar-refractivity contribution in [1.29, 1.82) is 0 Å². The van der Waals surface area contributed by atoms with Crippen LogP contribution in [0, 0.1) is 10.1 Å². The largest absolute Gasteiger partial charge is 0.459 e. The molecule has 0 aliphatic rings. The van der Waals surface area contributed by atoms with Crippen LogP contribution in [0.15, 0.2) is 23.1 Å². The number of rotatable bonds is 5. The number of ether oxygens (including phenoxy) is 1. The van der Waals surface area contributed by atoms with Gasteiger partial charge in [-0.25, -0.2) is 0 Å². The van der Waals surface area contributed by atoms with Crippen molar-refractivity contribution in [3.63, 3.8) is 0 Å². The third kappa shape index (κ3) is 5.00. The van der Waals surface area contributed by atoms with E-state index in [4.69, 9.17) is 4.74 Å². The summed E-state index contributed by atoms with van der Waals surface area (Å²) in [6.45, 7) is 5.31. The zero-order valence-electron chi connectivity index (χ0n) is 11.4. The maximum Gasteiger partial charge on any atom is 0.316 e. The highest BCUT2D eigenvalue weighted by Gasteiger charge is 2.17. The first kappa shape index (κ1) is 16.2. The Morgan fingerprint density at radius 2 is 2.10 bits per heavy atom. The molecule has 0 N–H and O–H groups in total. The lowest BCUT2D eigenvalue weighted by molar-refractivity contribution is -0.385. The molecule has 0 spiro atoms. The van der Waals surface area contributed by atoms with E-state index >= 15 is 0 Å². The second-order valence-electron chi connectivity index (χ2n) is 4.97. The van der Waals surface area contributed by atoms with E-state index in [2.05, 4.69) is 0 Å². The fraction of sp³-hybridized carbons (Fsp3) is 0.385. The highest BCUT2D eigenvalue weighted by atomic mass is 32.2. The van der Waals surface area contributed by atoms with Gasteiger partial charge in [-0.05, 0) is 32.9 Å². The fourth-order valence-electron chi connectivity index (χ4n) is 1.40. The molecule has 0 atom stereocenters. The molecule has 1 aromatic rings. The summed E-state index contributed by atoms with van der Waals surface area (Å²) < 4.78 is 5.14. The van der Waals surface area contributed by atoms with Gasteiger partial charge in [0.1, 0.15) is 5.60 Å². The molecule has 0 heterocycles. The molecule has 0 amide bonds. The van der Waals surface area contributed by atoms with Gasteiger partial charge in [-0.15, -0.1) is 11.8 Å². The molecule has 0 aliphatic carbocycles. The van der Waals surface area contributed by atoms with E-state index in [1.54, 1.807) is 20.8 Å². The number of nitro benzene ring substituents is 1. The summed E-state index contributed by atoms with van der Waals surface area (Å²) in [6.07, 6.45) is 0.426. The summed E-state index contributed by atoms with van der Waals surface area (Å²) in [6, 6.07) is 4.14. The molecule has 1 rings (SSSR count). The first-order chi connectivity index (χ1) is 9.23. The minimum atomic E-state index is -0.619. The van der Waals surface area contributed by atoms with E-state index in [0.717, 1.165) is 11.8 Å². The van der Waals surface area contributed by atoms with Crippen molar-refractivity contribution in [2.75, 3.05) is 5.75 Å². The van der Waals surface area contributed by atoms with Crippen LogP contribution in [-0.4, -0.2) is 28.5 Å². The molecule has 0 unspecified atom stereocenters. The highest BCUT2D eigenvalue weighted by Crippen LogP contribution is 2.25. The van der Waals surface area contributed by atoms with Crippen LogP contribution in [0.25, 0.3) is 0 Å². The van der Waals surface area contributed by atoms with Gasteiger partial charge in [0.25, 0.3) is 5.69 Å². The number of benzene rings is 1. The van der Waals surface area contributed by atoms with Crippen LogP contribution in [0.4, 0.5) is 5.69 Å². The van der Waals surface area contributed by atoms with Crippen molar-refractivity contribution in [2.24, 2.45) is 0 Å². The first-order valence-electron chi connectivity index (χ1n) is 5.81. The molecule has 0 bridgehead atoms. The number of hydrogen-bond donors (Lipinski definition) is 0. The van der Waals surface area contributed by atoms with Crippen molar-refractivity contribution < 1.29 is 19.2 Å². The zero-order valence-corrected chi connectivity index (χ0v) is 12.2. The predicted octanol–water partition coefficient (Wildman–Crippen LogP) is 2.84. The molecular weight excluding hydrogens is 282 g/mol. The van der Waals surface area contributed by atoms with Crippen molar-refractivity contribution in [2.45, 2.75) is 31.3 Å². The van der Waals surface area contributed by atoms with Gasteiger partial charge in [-0.3, -0.25) is 19.7 Å². The average Bonchev–Trinajstić information content (AvgIpc) is 2.33. The quantitative estimate of drug-likeness (QED) is 0.273. The highest BCUT2D eigenvalue weighted by molar-refractivity contribution is 8.00. The van der Waals surface area contributed by atoms with E-state index in [1.165, 1.54) is 18.2 Å². The van der Waals surface area contributed by atoms with Crippen molar-refractivity contribution in [3.8, 4) is 0 Å². The summed E-state index contributed by atoms with van der Waals surface area (Å²) in [5.74, 6) is -0.304. The monoisotopic (exact) mass is 297 g/mol. The summed E-state index contributed by atoms with van der Waals surface area (Å²) >= 11 is 1.16. The maximum absolute atomic E-state index is 11.5. The van der Waals surface area contributed by atoms with Crippen LogP contribution in [0.5, 0.6) is 0 Å². The number of carbonyl (C=O) groups excluding carboxylic acids is 2. The normalized spacial score (nSPS) is 10.9. The number of nitrogens with zero attached hydrogens (tertiary/aromatic N) is 1. The molecule has 0 radical (unpaired) electrons. The lowest BCUT2D eigenvalue weighted by atomic mass is 10.2. The van der Waals surface area contributed by atoms with Crippen LogP contribution in [-0.2, 0) is 9.53 Å². The van der Waals surface area contributed by atoms with Crippen LogP contribution in [0.1, 0.15) is 31.1 Å². The molecule has 1 aromatic carbocycles. The van der Waals surface area contributed by atoms with Gasteiger partial charge in [0.05, 0.1) is 16.2 Å². The molecule has 20 heavy (non-hydrogen) atoms. The van der Waals surface area contributed by atoms with Crippen LogP contribution in [0.2, 0.25) is 0 Å². The van der Waals surface area contributed by atoms with Gasteiger partial charge in [-0.2, -0.15) is 0 Å². The number of aldehydes is 1. The molecule has 6 nitrogen and oxygen atoms in total. The van der Waals surface area contributed by atoms with Crippen LogP contribution in [0.3, 0.4) is 0 Å². The first-order valence-corrected chi connectivity index (χ1v) is 6.80. The molecule has 0 aromatic heterocycles. The van der Waals surface area contributed by atoms with Crippen molar-refractivity contribution in [3.05, 3.63) is 33.9 Å².